The van der Waals surface area contributed by atoms with E-state index in [0.29, 0.717) is 16.6 Å². The molecule has 3 aromatic rings. The molecule has 0 fully saturated rings. The van der Waals surface area contributed by atoms with E-state index in [4.69, 9.17) is 0 Å². The number of hydrogen-bond acceptors (Lipinski definition) is 3. The van der Waals surface area contributed by atoms with Crippen molar-refractivity contribution in [3.05, 3.63) is 58.0 Å². The second-order valence-electron chi connectivity index (χ2n) is 6.73. The van der Waals surface area contributed by atoms with Crippen LogP contribution in [-0.4, -0.2) is 19.3 Å². The summed E-state index contributed by atoms with van der Waals surface area (Å²) in [4.78, 5) is 17.0. The molecule has 0 spiro atoms. The van der Waals surface area contributed by atoms with Gasteiger partial charge >= 0.3 is 0 Å². The molecule has 0 N–H and O–H groups in total. The molecule has 1 aromatic carbocycles. The number of fused-ring (bicyclic) bond motifs is 1. The van der Waals surface area contributed by atoms with E-state index in [1.54, 1.807) is 23.9 Å². The minimum absolute atomic E-state index is 0.175. The third-order valence-electron chi connectivity index (χ3n) is 3.78. The summed E-state index contributed by atoms with van der Waals surface area (Å²) in [5.74, 6) is -0.273. The standard InChI is InChI=1S/C17H19FN4O/c1-11-5-6-12(7-14(11)18)9-21-10-19-15-13(16(21)23)8-20-22(15)17(2,3)4/h5-8,10H,9H2,1-4H3. The molecular weight excluding hydrogens is 295 g/mol. The van der Waals surface area contributed by atoms with Crippen molar-refractivity contribution in [2.75, 3.05) is 0 Å². The van der Waals surface area contributed by atoms with Gasteiger partial charge in [0.05, 0.1) is 18.3 Å². The highest BCUT2D eigenvalue weighted by atomic mass is 19.1. The van der Waals surface area contributed by atoms with Crippen LogP contribution in [0.2, 0.25) is 0 Å². The average molecular weight is 314 g/mol. The van der Waals surface area contributed by atoms with Crippen molar-refractivity contribution in [1.29, 1.82) is 0 Å². The summed E-state index contributed by atoms with van der Waals surface area (Å²) in [6, 6.07) is 4.97. The number of rotatable bonds is 2. The van der Waals surface area contributed by atoms with Gasteiger partial charge in [0.15, 0.2) is 5.65 Å². The van der Waals surface area contributed by atoms with Gasteiger partial charge in [0.2, 0.25) is 0 Å². The first-order chi connectivity index (χ1) is 10.8. The summed E-state index contributed by atoms with van der Waals surface area (Å²) < 4.78 is 16.9. The maximum absolute atomic E-state index is 13.7. The molecule has 0 saturated heterocycles. The fraction of sp³-hybridized carbons (Fsp3) is 0.353. The van der Waals surface area contributed by atoms with Crippen LogP contribution in [0.5, 0.6) is 0 Å². The normalized spacial score (nSPS) is 12.0. The van der Waals surface area contributed by atoms with E-state index in [9.17, 15) is 9.18 Å². The molecule has 0 saturated carbocycles. The number of benzene rings is 1. The van der Waals surface area contributed by atoms with Gasteiger partial charge in [-0.1, -0.05) is 12.1 Å². The Kier molecular flexibility index (Phi) is 3.55. The molecule has 0 aliphatic rings. The smallest absolute Gasteiger partial charge is 0.264 e. The predicted molar refractivity (Wildman–Crippen MR) is 87.0 cm³/mol. The molecule has 0 amide bonds. The van der Waals surface area contributed by atoms with Crippen LogP contribution < -0.4 is 5.56 Å². The van der Waals surface area contributed by atoms with Crippen LogP contribution in [0.4, 0.5) is 4.39 Å². The molecule has 0 unspecified atom stereocenters. The maximum Gasteiger partial charge on any atom is 0.264 e. The topological polar surface area (TPSA) is 52.7 Å². The molecule has 23 heavy (non-hydrogen) atoms. The second kappa shape index (κ2) is 5.30. The molecule has 2 aromatic heterocycles. The van der Waals surface area contributed by atoms with Crippen molar-refractivity contribution >= 4 is 11.0 Å². The molecule has 0 atom stereocenters. The van der Waals surface area contributed by atoms with Gasteiger partial charge in [0, 0.05) is 0 Å². The second-order valence-corrected chi connectivity index (χ2v) is 6.73. The zero-order valence-electron chi connectivity index (χ0n) is 13.7. The zero-order valence-corrected chi connectivity index (χ0v) is 13.7. The van der Waals surface area contributed by atoms with Gasteiger partial charge < -0.3 is 0 Å². The molecule has 5 nitrogen and oxygen atoms in total. The highest BCUT2D eigenvalue weighted by molar-refractivity contribution is 5.73. The Hall–Kier alpha value is -2.50. The van der Waals surface area contributed by atoms with Gasteiger partial charge in [-0.25, -0.2) is 14.1 Å². The van der Waals surface area contributed by atoms with Crippen LogP contribution in [0, 0.1) is 12.7 Å². The lowest BCUT2D eigenvalue weighted by Crippen LogP contribution is -2.25. The van der Waals surface area contributed by atoms with E-state index in [1.165, 1.54) is 17.0 Å². The van der Waals surface area contributed by atoms with Gasteiger partial charge in [-0.3, -0.25) is 9.36 Å². The van der Waals surface area contributed by atoms with Crippen molar-refractivity contribution < 1.29 is 4.39 Å². The van der Waals surface area contributed by atoms with Gasteiger partial charge in [-0.2, -0.15) is 5.10 Å². The highest BCUT2D eigenvalue weighted by Crippen LogP contribution is 2.18. The number of nitrogens with zero attached hydrogens (tertiary/aromatic N) is 4. The Morgan fingerprint density at radius 1 is 1.26 bits per heavy atom. The van der Waals surface area contributed by atoms with E-state index in [1.807, 2.05) is 26.8 Å². The molecule has 0 radical (unpaired) electrons. The first kappa shape index (κ1) is 15.4. The Balaban J connectivity index is 2.04. The van der Waals surface area contributed by atoms with Gasteiger partial charge in [-0.05, 0) is 44.9 Å². The number of hydrogen-bond donors (Lipinski definition) is 0. The Bertz CT molecular complexity index is 934. The lowest BCUT2D eigenvalue weighted by molar-refractivity contribution is 0.365. The predicted octanol–water partition coefficient (Wildman–Crippen LogP) is 2.84. The van der Waals surface area contributed by atoms with E-state index in [-0.39, 0.29) is 23.5 Å². The monoisotopic (exact) mass is 314 g/mol. The number of aryl methyl sites for hydroxylation is 1. The van der Waals surface area contributed by atoms with Crippen LogP contribution in [0.1, 0.15) is 31.9 Å². The van der Waals surface area contributed by atoms with Crippen LogP contribution in [0.3, 0.4) is 0 Å². The fourth-order valence-corrected chi connectivity index (χ4v) is 2.48. The van der Waals surface area contributed by atoms with Crippen LogP contribution in [-0.2, 0) is 12.1 Å². The molecule has 6 heteroatoms. The zero-order chi connectivity index (χ0) is 16.8. The van der Waals surface area contributed by atoms with Gasteiger partial charge in [0.1, 0.15) is 17.5 Å². The van der Waals surface area contributed by atoms with Crippen molar-refractivity contribution in [1.82, 2.24) is 19.3 Å². The van der Waals surface area contributed by atoms with Crippen LogP contribution >= 0.6 is 0 Å². The quantitative estimate of drug-likeness (QED) is 0.731. The largest absolute Gasteiger partial charge is 0.294 e. The summed E-state index contributed by atoms with van der Waals surface area (Å²) in [5.41, 5.74) is 1.44. The SMILES string of the molecule is Cc1ccc(Cn2cnc3c(cnn3C(C)(C)C)c2=O)cc1F. The maximum atomic E-state index is 13.7. The molecule has 2 heterocycles. The molecule has 0 aliphatic heterocycles. The molecular formula is C17H19FN4O. The summed E-state index contributed by atoms with van der Waals surface area (Å²) >= 11 is 0. The number of halogens is 1. The third-order valence-corrected chi connectivity index (χ3v) is 3.78. The molecule has 0 aliphatic carbocycles. The molecule has 3 rings (SSSR count). The van der Waals surface area contributed by atoms with Crippen LogP contribution in [0.15, 0.2) is 35.5 Å². The summed E-state index contributed by atoms with van der Waals surface area (Å²) in [5, 5.41) is 4.75. The fourth-order valence-electron chi connectivity index (χ4n) is 2.48. The Morgan fingerprint density at radius 3 is 2.65 bits per heavy atom. The Morgan fingerprint density at radius 2 is 2.00 bits per heavy atom. The molecule has 120 valence electrons. The summed E-state index contributed by atoms with van der Waals surface area (Å²) in [6.07, 6.45) is 3.04. The molecule has 0 bridgehead atoms. The Labute approximate surface area is 133 Å². The lowest BCUT2D eigenvalue weighted by atomic mass is 10.1. The van der Waals surface area contributed by atoms with E-state index < -0.39 is 0 Å². The number of aromatic nitrogens is 4. The van der Waals surface area contributed by atoms with Crippen molar-refractivity contribution in [3.8, 4) is 0 Å². The van der Waals surface area contributed by atoms with Gasteiger partial charge in [-0.15, -0.1) is 0 Å². The van der Waals surface area contributed by atoms with E-state index in [0.717, 1.165) is 5.56 Å². The third kappa shape index (κ3) is 2.76. The van der Waals surface area contributed by atoms with Crippen molar-refractivity contribution in [2.45, 2.75) is 39.8 Å². The first-order valence-corrected chi connectivity index (χ1v) is 7.46. The summed E-state index contributed by atoms with van der Waals surface area (Å²) in [7, 11) is 0. The first-order valence-electron chi connectivity index (χ1n) is 7.46. The lowest BCUT2D eigenvalue weighted by Gasteiger charge is -2.19. The van der Waals surface area contributed by atoms with Crippen molar-refractivity contribution in [2.24, 2.45) is 0 Å². The van der Waals surface area contributed by atoms with Gasteiger partial charge in [0.25, 0.3) is 5.56 Å². The average Bonchev–Trinajstić information content (AvgIpc) is 2.90. The minimum Gasteiger partial charge on any atom is -0.294 e. The van der Waals surface area contributed by atoms with Crippen LogP contribution in [0.25, 0.3) is 11.0 Å². The minimum atomic E-state index is -0.273. The highest BCUT2D eigenvalue weighted by Gasteiger charge is 2.19. The van der Waals surface area contributed by atoms with E-state index in [2.05, 4.69) is 10.1 Å². The van der Waals surface area contributed by atoms with Crippen molar-refractivity contribution in [3.63, 3.8) is 0 Å². The summed E-state index contributed by atoms with van der Waals surface area (Å²) in [6.45, 7) is 7.99. The van der Waals surface area contributed by atoms with E-state index >= 15 is 0 Å².